The summed E-state index contributed by atoms with van der Waals surface area (Å²) in [6, 6.07) is 11.0. The maximum absolute atomic E-state index is 12.0. The summed E-state index contributed by atoms with van der Waals surface area (Å²) in [7, 11) is -3.62. The zero-order chi connectivity index (χ0) is 16.2. The van der Waals surface area contributed by atoms with E-state index in [9.17, 15) is 13.2 Å². The topological polar surface area (TPSA) is 75.3 Å². The number of benzene rings is 1. The zero-order valence-electron chi connectivity index (χ0n) is 12.4. The van der Waals surface area contributed by atoms with Gasteiger partial charge in [-0.25, -0.2) is 13.1 Å². The number of hydrogen-bond acceptors (Lipinski definition) is 4. The highest BCUT2D eigenvalue weighted by Gasteiger charge is 2.17. The van der Waals surface area contributed by atoms with Crippen molar-refractivity contribution in [3.8, 4) is 0 Å². The lowest BCUT2D eigenvalue weighted by molar-refractivity contribution is -0.120. The average Bonchev–Trinajstić information content (AvgIpc) is 2.92. The van der Waals surface area contributed by atoms with Gasteiger partial charge < -0.3 is 5.32 Å². The van der Waals surface area contributed by atoms with Gasteiger partial charge in [0, 0.05) is 11.4 Å². The molecule has 118 valence electrons. The summed E-state index contributed by atoms with van der Waals surface area (Å²) in [6.45, 7) is 3.90. The van der Waals surface area contributed by atoms with Gasteiger partial charge in [0.2, 0.25) is 5.91 Å². The predicted molar refractivity (Wildman–Crippen MR) is 87.3 cm³/mol. The van der Waals surface area contributed by atoms with Gasteiger partial charge in [-0.3, -0.25) is 4.79 Å². The van der Waals surface area contributed by atoms with Gasteiger partial charge in [0.05, 0.1) is 6.54 Å². The molecule has 0 unspecified atom stereocenters. The van der Waals surface area contributed by atoms with Crippen LogP contribution >= 0.6 is 11.3 Å². The number of sulfonamides is 1. The zero-order valence-corrected chi connectivity index (χ0v) is 14.1. The lowest BCUT2D eigenvalue weighted by Crippen LogP contribution is -2.36. The molecule has 1 aromatic carbocycles. The molecule has 0 atom stereocenters. The number of nitrogens with one attached hydrogen (secondary N) is 2. The molecule has 2 N–H and O–H groups in total. The van der Waals surface area contributed by atoms with Gasteiger partial charge in [0.1, 0.15) is 4.21 Å². The van der Waals surface area contributed by atoms with Crippen molar-refractivity contribution in [1.29, 1.82) is 0 Å². The summed E-state index contributed by atoms with van der Waals surface area (Å²) in [4.78, 5) is 12.7. The van der Waals surface area contributed by atoms with E-state index in [1.165, 1.54) is 17.4 Å². The Labute approximate surface area is 134 Å². The molecule has 7 heteroatoms. The van der Waals surface area contributed by atoms with Crippen LogP contribution in [0, 0.1) is 13.8 Å². The van der Waals surface area contributed by atoms with Crippen LogP contribution < -0.4 is 10.0 Å². The van der Waals surface area contributed by atoms with Crippen LogP contribution in [0.3, 0.4) is 0 Å². The number of carbonyl (C=O) groups excluding carboxylic acids is 1. The van der Waals surface area contributed by atoms with E-state index in [1.54, 1.807) is 6.07 Å². The second kappa shape index (κ2) is 7.04. The van der Waals surface area contributed by atoms with E-state index in [0.717, 1.165) is 16.0 Å². The Morgan fingerprint density at radius 1 is 1.14 bits per heavy atom. The van der Waals surface area contributed by atoms with Crippen molar-refractivity contribution < 1.29 is 13.2 Å². The highest BCUT2D eigenvalue weighted by atomic mass is 32.2. The van der Waals surface area contributed by atoms with Crippen LogP contribution in [0.15, 0.2) is 40.6 Å². The van der Waals surface area contributed by atoms with Crippen molar-refractivity contribution in [2.45, 2.75) is 24.6 Å². The second-order valence-corrected chi connectivity index (χ2v) is 8.17. The summed E-state index contributed by atoms with van der Waals surface area (Å²) in [5.74, 6) is -0.361. The van der Waals surface area contributed by atoms with E-state index < -0.39 is 10.0 Å². The number of rotatable bonds is 6. The first-order chi connectivity index (χ1) is 10.4. The largest absolute Gasteiger partial charge is 0.351 e. The Morgan fingerprint density at radius 3 is 2.50 bits per heavy atom. The molecule has 0 saturated carbocycles. The fourth-order valence-electron chi connectivity index (χ4n) is 1.85. The summed E-state index contributed by atoms with van der Waals surface area (Å²) in [6.07, 6.45) is 0. The molecule has 1 amide bonds. The van der Waals surface area contributed by atoms with Crippen LogP contribution in [-0.2, 0) is 21.4 Å². The number of hydrogen-bond donors (Lipinski definition) is 2. The smallest absolute Gasteiger partial charge is 0.250 e. The number of aryl methyl sites for hydroxylation is 2. The maximum atomic E-state index is 12.0. The normalized spacial score (nSPS) is 11.4. The predicted octanol–water partition coefficient (Wildman–Crippen LogP) is 1.96. The first kappa shape index (κ1) is 16.7. The fourth-order valence-corrected chi connectivity index (χ4v) is 4.16. The highest BCUT2D eigenvalue weighted by molar-refractivity contribution is 7.91. The van der Waals surface area contributed by atoms with Crippen LogP contribution in [0.4, 0.5) is 0 Å². The Bertz CT molecular complexity index is 767. The third-order valence-corrected chi connectivity index (χ3v) is 6.03. The van der Waals surface area contributed by atoms with Gasteiger partial charge in [-0.1, -0.05) is 24.3 Å². The molecular weight excluding hydrogens is 320 g/mol. The van der Waals surface area contributed by atoms with Crippen molar-refractivity contribution in [1.82, 2.24) is 10.0 Å². The van der Waals surface area contributed by atoms with Crippen LogP contribution in [0.25, 0.3) is 0 Å². The van der Waals surface area contributed by atoms with Crippen LogP contribution in [0.2, 0.25) is 0 Å². The molecular formula is C15H18N2O3S2. The monoisotopic (exact) mass is 338 g/mol. The van der Waals surface area contributed by atoms with Gasteiger partial charge in [-0.05, 0) is 37.1 Å². The van der Waals surface area contributed by atoms with Crippen LogP contribution in [-0.4, -0.2) is 20.9 Å². The summed E-state index contributed by atoms with van der Waals surface area (Å²) >= 11 is 1.18. The molecule has 0 aliphatic heterocycles. The molecule has 2 rings (SSSR count). The van der Waals surface area contributed by atoms with E-state index in [-0.39, 0.29) is 16.7 Å². The van der Waals surface area contributed by atoms with Crippen molar-refractivity contribution in [3.63, 3.8) is 0 Å². The molecule has 0 aliphatic carbocycles. The molecule has 0 radical (unpaired) electrons. The minimum atomic E-state index is -3.62. The first-order valence-electron chi connectivity index (χ1n) is 6.76. The van der Waals surface area contributed by atoms with E-state index in [4.69, 9.17) is 0 Å². The summed E-state index contributed by atoms with van der Waals surface area (Å²) < 4.78 is 26.5. The highest BCUT2D eigenvalue weighted by Crippen LogP contribution is 2.19. The van der Waals surface area contributed by atoms with Gasteiger partial charge in [0.25, 0.3) is 10.0 Å². The number of carbonyl (C=O) groups is 1. The number of amides is 1. The molecule has 0 spiro atoms. The fraction of sp³-hybridized carbons (Fsp3) is 0.267. The van der Waals surface area contributed by atoms with Gasteiger partial charge in [-0.2, -0.15) is 0 Å². The van der Waals surface area contributed by atoms with Crippen molar-refractivity contribution >= 4 is 27.3 Å². The minimum Gasteiger partial charge on any atom is -0.351 e. The van der Waals surface area contributed by atoms with Gasteiger partial charge >= 0.3 is 0 Å². The molecule has 22 heavy (non-hydrogen) atoms. The molecule has 5 nitrogen and oxygen atoms in total. The van der Waals surface area contributed by atoms with E-state index in [1.807, 2.05) is 38.1 Å². The molecule has 1 aromatic heterocycles. The lowest BCUT2D eigenvalue weighted by Gasteiger charge is -2.08. The molecule has 0 aliphatic rings. The van der Waals surface area contributed by atoms with E-state index in [0.29, 0.717) is 6.54 Å². The van der Waals surface area contributed by atoms with Crippen molar-refractivity contribution in [3.05, 3.63) is 52.4 Å². The van der Waals surface area contributed by atoms with Crippen LogP contribution in [0.1, 0.15) is 16.0 Å². The van der Waals surface area contributed by atoms with Crippen LogP contribution in [0.5, 0.6) is 0 Å². The minimum absolute atomic E-state index is 0.219. The number of thiophene rings is 1. The van der Waals surface area contributed by atoms with Gasteiger partial charge in [-0.15, -0.1) is 11.3 Å². The van der Waals surface area contributed by atoms with Crippen molar-refractivity contribution in [2.24, 2.45) is 0 Å². The van der Waals surface area contributed by atoms with Gasteiger partial charge in [0.15, 0.2) is 0 Å². The lowest BCUT2D eigenvalue weighted by atomic mass is 10.1. The Hall–Kier alpha value is -1.70. The third kappa shape index (κ3) is 4.40. The Balaban J connectivity index is 1.87. The Kier molecular flexibility index (Phi) is 5.33. The maximum Gasteiger partial charge on any atom is 0.250 e. The Morgan fingerprint density at radius 2 is 1.86 bits per heavy atom. The van der Waals surface area contributed by atoms with E-state index in [2.05, 4.69) is 10.0 Å². The first-order valence-corrected chi connectivity index (χ1v) is 9.06. The average molecular weight is 338 g/mol. The second-order valence-electron chi connectivity index (χ2n) is 4.89. The molecule has 0 bridgehead atoms. The quantitative estimate of drug-likeness (QED) is 0.845. The molecule has 1 heterocycles. The molecule has 0 saturated heterocycles. The van der Waals surface area contributed by atoms with E-state index >= 15 is 0 Å². The standard InChI is InChI=1S/C15H18N2O3S2/c1-11-5-3-4-6-13(11)9-16-14(18)10-17-22(19,20)15-8-7-12(2)21-15/h3-8,17H,9-10H2,1-2H3,(H,16,18). The summed E-state index contributed by atoms with van der Waals surface area (Å²) in [5, 5.41) is 2.71. The summed E-state index contributed by atoms with van der Waals surface area (Å²) in [5.41, 5.74) is 2.09. The molecule has 0 fully saturated rings. The third-order valence-electron chi connectivity index (χ3n) is 3.14. The SMILES string of the molecule is Cc1ccc(S(=O)(=O)NCC(=O)NCc2ccccc2C)s1. The molecule has 2 aromatic rings. The van der Waals surface area contributed by atoms with Crippen molar-refractivity contribution in [2.75, 3.05) is 6.54 Å².